The molecule has 0 fully saturated rings. The summed E-state index contributed by atoms with van der Waals surface area (Å²) in [6.07, 6.45) is 3.52. The van der Waals surface area contributed by atoms with Gasteiger partial charge in [-0.2, -0.15) is 10.2 Å². The fourth-order valence-electron chi connectivity index (χ4n) is 3.53. The van der Waals surface area contributed by atoms with Gasteiger partial charge in [0.25, 0.3) is 0 Å². The van der Waals surface area contributed by atoms with Gasteiger partial charge in [0.1, 0.15) is 35.7 Å². The van der Waals surface area contributed by atoms with Gasteiger partial charge in [0.15, 0.2) is 0 Å². The Morgan fingerprint density at radius 2 is 1.79 bits per heavy atom. The van der Waals surface area contributed by atoms with Gasteiger partial charge in [-0.3, -0.25) is 4.68 Å². The van der Waals surface area contributed by atoms with Crippen LogP contribution >= 0.6 is 0 Å². The van der Waals surface area contributed by atoms with Crippen LogP contribution in [0, 0.1) is 17.5 Å². The van der Waals surface area contributed by atoms with E-state index < -0.39 is 23.3 Å². The molecule has 0 aliphatic heterocycles. The molecule has 0 saturated heterocycles. The highest BCUT2D eigenvalue weighted by Crippen LogP contribution is 2.32. The minimum Gasteiger partial charge on any atom is -0.380 e. The van der Waals surface area contributed by atoms with Crippen LogP contribution in [0.25, 0.3) is 0 Å². The standard InChI is InChI=1S/C23H22F3N5O2/c1-16(33-12-20-8-9-30(29-20)11-17-2-4-18(24)5-3-17)23(32,13-31-15-27-14-28-31)21-7-6-19(25)10-22(21)26/h2-10,14-16,32H,11-13H2,1H3/t16-,23-/m1/s1. The molecule has 172 valence electrons. The van der Waals surface area contributed by atoms with Crippen molar-refractivity contribution in [3.05, 3.63) is 102 Å². The van der Waals surface area contributed by atoms with E-state index in [0.29, 0.717) is 18.3 Å². The molecule has 2 heterocycles. The predicted molar refractivity (Wildman–Crippen MR) is 112 cm³/mol. The zero-order chi connectivity index (χ0) is 23.4. The number of benzene rings is 2. The average Bonchev–Trinajstić information content (AvgIpc) is 3.45. The van der Waals surface area contributed by atoms with Crippen molar-refractivity contribution >= 4 is 0 Å². The first-order valence-electron chi connectivity index (χ1n) is 10.2. The third kappa shape index (κ3) is 5.29. The van der Waals surface area contributed by atoms with Crippen LogP contribution in [0.1, 0.15) is 23.7 Å². The minimum absolute atomic E-state index is 0.0417. The normalized spacial score (nSPS) is 14.2. The summed E-state index contributed by atoms with van der Waals surface area (Å²) in [4.78, 5) is 3.84. The van der Waals surface area contributed by atoms with Crippen molar-refractivity contribution in [3.8, 4) is 0 Å². The SMILES string of the molecule is C[C@@H](OCc1ccn(Cc2ccc(F)cc2)n1)[C@](O)(Cn1cncn1)c1ccc(F)cc1F. The number of hydrogen-bond acceptors (Lipinski definition) is 5. The molecule has 2 aromatic carbocycles. The molecular weight excluding hydrogens is 435 g/mol. The highest BCUT2D eigenvalue weighted by molar-refractivity contribution is 5.26. The van der Waals surface area contributed by atoms with Gasteiger partial charge in [0.05, 0.1) is 31.5 Å². The van der Waals surface area contributed by atoms with Gasteiger partial charge in [-0.05, 0) is 36.8 Å². The van der Waals surface area contributed by atoms with Crippen molar-refractivity contribution in [1.29, 1.82) is 0 Å². The zero-order valence-electron chi connectivity index (χ0n) is 17.8. The Morgan fingerprint density at radius 1 is 1.03 bits per heavy atom. The molecule has 33 heavy (non-hydrogen) atoms. The van der Waals surface area contributed by atoms with Crippen molar-refractivity contribution in [2.24, 2.45) is 0 Å². The van der Waals surface area contributed by atoms with Crippen LogP contribution in [0.15, 0.2) is 67.4 Å². The van der Waals surface area contributed by atoms with Crippen molar-refractivity contribution in [3.63, 3.8) is 0 Å². The van der Waals surface area contributed by atoms with Crippen LogP contribution in [-0.2, 0) is 30.0 Å². The highest BCUT2D eigenvalue weighted by atomic mass is 19.1. The number of nitrogens with zero attached hydrogens (tertiary/aromatic N) is 5. The molecule has 7 nitrogen and oxygen atoms in total. The van der Waals surface area contributed by atoms with Crippen LogP contribution in [0.5, 0.6) is 0 Å². The summed E-state index contributed by atoms with van der Waals surface area (Å²) in [7, 11) is 0. The van der Waals surface area contributed by atoms with Crippen LogP contribution in [0.2, 0.25) is 0 Å². The van der Waals surface area contributed by atoms with Crippen molar-refractivity contribution in [2.45, 2.75) is 38.3 Å². The molecule has 0 spiro atoms. The number of ether oxygens (including phenoxy) is 1. The second-order valence-electron chi connectivity index (χ2n) is 7.73. The van der Waals surface area contributed by atoms with Crippen LogP contribution in [-0.4, -0.2) is 35.8 Å². The summed E-state index contributed by atoms with van der Waals surface area (Å²) in [6.45, 7) is 1.93. The average molecular weight is 457 g/mol. The fourth-order valence-corrected chi connectivity index (χ4v) is 3.53. The molecule has 2 atom stereocenters. The second-order valence-corrected chi connectivity index (χ2v) is 7.73. The van der Waals surface area contributed by atoms with Crippen LogP contribution in [0.4, 0.5) is 13.2 Å². The molecule has 4 aromatic rings. The summed E-state index contributed by atoms with van der Waals surface area (Å²) < 4.78 is 50.0. The quantitative estimate of drug-likeness (QED) is 0.417. The first-order chi connectivity index (χ1) is 15.8. The minimum atomic E-state index is -1.86. The van der Waals surface area contributed by atoms with E-state index in [4.69, 9.17) is 4.74 Å². The lowest BCUT2D eigenvalue weighted by Crippen LogP contribution is -2.44. The summed E-state index contributed by atoms with van der Waals surface area (Å²) in [5, 5.41) is 19.9. The molecule has 2 aromatic heterocycles. The Bertz CT molecular complexity index is 1200. The summed E-state index contributed by atoms with van der Waals surface area (Å²) in [6, 6.07) is 10.9. The van der Waals surface area contributed by atoms with Gasteiger partial charge >= 0.3 is 0 Å². The third-order valence-corrected chi connectivity index (χ3v) is 5.37. The number of rotatable bonds is 9. The molecule has 4 rings (SSSR count). The fraction of sp³-hybridized carbons (Fsp3) is 0.261. The van der Waals surface area contributed by atoms with E-state index in [9.17, 15) is 18.3 Å². The van der Waals surface area contributed by atoms with E-state index in [1.807, 2.05) is 0 Å². The monoisotopic (exact) mass is 457 g/mol. The maximum absolute atomic E-state index is 14.6. The lowest BCUT2D eigenvalue weighted by molar-refractivity contribution is -0.124. The summed E-state index contributed by atoms with van der Waals surface area (Å²) in [5.74, 6) is -1.95. The Labute approximate surface area is 188 Å². The maximum Gasteiger partial charge on any atom is 0.138 e. The van der Waals surface area contributed by atoms with Crippen molar-refractivity contribution < 1.29 is 23.0 Å². The zero-order valence-corrected chi connectivity index (χ0v) is 17.8. The second kappa shape index (κ2) is 9.55. The Kier molecular flexibility index (Phi) is 6.57. The molecule has 0 radical (unpaired) electrons. The molecule has 10 heteroatoms. The van der Waals surface area contributed by atoms with E-state index >= 15 is 0 Å². The Hall–Kier alpha value is -3.50. The third-order valence-electron chi connectivity index (χ3n) is 5.37. The molecule has 0 unspecified atom stereocenters. The number of aromatic nitrogens is 5. The van der Waals surface area contributed by atoms with Gasteiger partial charge in [-0.1, -0.05) is 18.2 Å². The molecule has 0 amide bonds. The largest absolute Gasteiger partial charge is 0.380 e. The summed E-state index contributed by atoms with van der Waals surface area (Å²) >= 11 is 0. The van der Waals surface area contributed by atoms with Crippen LogP contribution < -0.4 is 0 Å². The molecule has 0 aliphatic rings. The van der Waals surface area contributed by atoms with Gasteiger partial charge in [0, 0.05) is 17.8 Å². The van der Waals surface area contributed by atoms with E-state index in [2.05, 4.69) is 15.2 Å². The van der Waals surface area contributed by atoms with Gasteiger partial charge in [0.2, 0.25) is 0 Å². The van der Waals surface area contributed by atoms with Crippen molar-refractivity contribution in [1.82, 2.24) is 24.5 Å². The number of hydrogen-bond donors (Lipinski definition) is 1. The van der Waals surface area contributed by atoms with Gasteiger partial charge in [-0.25, -0.2) is 22.8 Å². The summed E-state index contributed by atoms with van der Waals surface area (Å²) in [5.41, 5.74) is -0.503. The topological polar surface area (TPSA) is 78.0 Å². The first kappa shape index (κ1) is 22.7. The molecule has 0 aliphatic carbocycles. The molecular formula is C23H22F3N5O2. The van der Waals surface area contributed by atoms with E-state index in [0.717, 1.165) is 11.6 Å². The van der Waals surface area contributed by atoms with Crippen LogP contribution in [0.3, 0.4) is 0 Å². The lowest BCUT2D eigenvalue weighted by Gasteiger charge is -2.34. The molecule has 0 saturated carbocycles. The van der Waals surface area contributed by atoms with Crippen molar-refractivity contribution in [2.75, 3.05) is 0 Å². The first-order valence-corrected chi connectivity index (χ1v) is 10.2. The maximum atomic E-state index is 14.6. The number of halogens is 3. The highest BCUT2D eigenvalue weighted by Gasteiger charge is 2.40. The van der Waals surface area contributed by atoms with Gasteiger partial charge in [-0.15, -0.1) is 0 Å². The lowest BCUT2D eigenvalue weighted by atomic mass is 9.88. The Balaban J connectivity index is 1.48. The molecule has 0 bridgehead atoms. The smallest absolute Gasteiger partial charge is 0.138 e. The predicted octanol–water partition coefficient (Wildman–Crippen LogP) is 3.43. The van der Waals surface area contributed by atoms with E-state index in [-0.39, 0.29) is 24.5 Å². The molecule has 1 N–H and O–H groups in total. The Morgan fingerprint density at radius 3 is 2.48 bits per heavy atom. The van der Waals surface area contributed by atoms with E-state index in [1.54, 1.807) is 36.0 Å². The number of aliphatic hydroxyl groups is 1. The van der Waals surface area contributed by atoms with E-state index in [1.165, 1.54) is 35.5 Å². The van der Waals surface area contributed by atoms with Gasteiger partial charge < -0.3 is 9.84 Å².